The number of anilines is 2. The number of nitrogens with zero attached hydrogens (tertiary/aromatic N) is 1. The zero-order valence-corrected chi connectivity index (χ0v) is 15.7. The Hall–Kier alpha value is -2.44. The summed E-state index contributed by atoms with van der Waals surface area (Å²) in [4.78, 5) is 25.7. The zero-order valence-electron chi connectivity index (χ0n) is 14.9. The molecule has 0 aliphatic heterocycles. The van der Waals surface area contributed by atoms with Crippen LogP contribution >= 0.6 is 11.6 Å². The van der Waals surface area contributed by atoms with E-state index in [-0.39, 0.29) is 29.7 Å². The van der Waals surface area contributed by atoms with Gasteiger partial charge in [0.1, 0.15) is 5.82 Å². The van der Waals surface area contributed by atoms with Crippen LogP contribution in [-0.2, 0) is 9.59 Å². The van der Waals surface area contributed by atoms with Gasteiger partial charge in [0, 0.05) is 10.7 Å². The second-order valence-corrected chi connectivity index (χ2v) is 6.58. The Balaban J connectivity index is 1.87. The maximum absolute atomic E-state index is 13.7. The van der Waals surface area contributed by atoms with Gasteiger partial charge in [-0.1, -0.05) is 23.7 Å². The van der Waals surface area contributed by atoms with Gasteiger partial charge >= 0.3 is 0 Å². The minimum atomic E-state index is -0.610. The fourth-order valence-corrected chi connectivity index (χ4v) is 2.56. The molecule has 0 atom stereocenters. The summed E-state index contributed by atoms with van der Waals surface area (Å²) in [5, 5.41) is 5.55. The van der Waals surface area contributed by atoms with E-state index < -0.39 is 11.7 Å². The molecule has 2 amide bonds. The number of halogens is 2. The summed E-state index contributed by atoms with van der Waals surface area (Å²) < 4.78 is 13.7. The largest absolute Gasteiger partial charge is 0.325 e. The van der Waals surface area contributed by atoms with E-state index in [0.29, 0.717) is 0 Å². The molecule has 2 aromatic carbocycles. The number of likely N-dealkylation sites (N-methyl/N-ethyl adjacent to an activating group) is 1. The summed E-state index contributed by atoms with van der Waals surface area (Å²) in [6, 6.07) is 9.67. The second-order valence-electron chi connectivity index (χ2n) is 6.14. The number of hydrogen-bond donors (Lipinski definition) is 2. The van der Waals surface area contributed by atoms with Crippen molar-refractivity contribution in [3.05, 3.63) is 58.4 Å². The van der Waals surface area contributed by atoms with Crippen LogP contribution in [0.2, 0.25) is 5.02 Å². The molecule has 0 aliphatic rings. The Bertz CT molecular complexity index is 826. The summed E-state index contributed by atoms with van der Waals surface area (Å²) in [5.74, 6) is -1.26. The number of aryl methyl sites for hydroxylation is 1. The number of benzene rings is 2. The molecule has 26 heavy (non-hydrogen) atoms. The van der Waals surface area contributed by atoms with Crippen molar-refractivity contribution in [2.75, 3.05) is 30.8 Å². The van der Waals surface area contributed by atoms with E-state index in [4.69, 9.17) is 11.6 Å². The van der Waals surface area contributed by atoms with Crippen molar-refractivity contribution < 1.29 is 14.0 Å². The van der Waals surface area contributed by atoms with E-state index in [1.54, 1.807) is 11.9 Å². The average Bonchev–Trinajstić information content (AvgIpc) is 2.54. The van der Waals surface area contributed by atoms with Crippen LogP contribution in [0.1, 0.15) is 11.1 Å². The molecule has 2 aromatic rings. The van der Waals surface area contributed by atoms with Crippen molar-refractivity contribution in [2.24, 2.45) is 0 Å². The predicted molar refractivity (Wildman–Crippen MR) is 102 cm³/mol. The Morgan fingerprint density at radius 1 is 1.04 bits per heavy atom. The lowest BCUT2D eigenvalue weighted by atomic mass is 10.1. The SMILES string of the molecule is Cc1cccc(NC(=O)CN(C)CC(=O)Nc2ccc(Cl)cc2F)c1C. The number of carbonyl (C=O) groups excluding carboxylic acids is 2. The topological polar surface area (TPSA) is 61.4 Å². The maximum Gasteiger partial charge on any atom is 0.238 e. The Morgan fingerprint density at radius 3 is 2.27 bits per heavy atom. The molecule has 0 saturated carbocycles. The van der Waals surface area contributed by atoms with E-state index in [0.717, 1.165) is 22.9 Å². The molecule has 0 heterocycles. The van der Waals surface area contributed by atoms with Gasteiger partial charge in [0.05, 0.1) is 18.8 Å². The first-order valence-electron chi connectivity index (χ1n) is 8.06. The summed E-state index contributed by atoms with van der Waals surface area (Å²) in [7, 11) is 1.64. The maximum atomic E-state index is 13.7. The van der Waals surface area contributed by atoms with Gasteiger partial charge in [0.25, 0.3) is 0 Å². The molecule has 5 nitrogen and oxygen atoms in total. The van der Waals surface area contributed by atoms with Crippen molar-refractivity contribution in [3.8, 4) is 0 Å². The third kappa shape index (κ3) is 5.54. The number of nitrogens with one attached hydrogen (secondary N) is 2. The fourth-order valence-electron chi connectivity index (χ4n) is 2.40. The van der Waals surface area contributed by atoms with Crippen molar-refractivity contribution in [2.45, 2.75) is 13.8 Å². The highest BCUT2D eigenvalue weighted by molar-refractivity contribution is 6.30. The van der Waals surface area contributed by atoms with Gasteiger partial charge in [-0.25, -0.2) is 4.39 Å². The van der Waals surface area contributed by atoms with Gasteiger partial charge < -0.3 is 10.6 Å². The van der Waals surface area contributed by atoms with Crippen LogP contribution in [-0.4, -0.2) is 36.9 Å². The van der Waals surface area contributed by atoms with Gasteiger partial charge in [-0.15, -0.1) is 0 Å². The lowest BCUT2D eigenvalue weighted by Gasteiger charge is -2.17. The highest BCUT2D eigenvalue weighted by Gasteiger charge is 2.13. The Labute approximate surface area is 157 Å². The Morgan fingerprint density at radius 2 is 1.65 bits per heavy atom. The number of hydrogen-bond acceptors (Lipinski definition) is 3. The molecule has 2 rings (SSSR count). The number of rotatable bonds is 6. The van der Waals surface area contributed by atoms with Gasteiger partial charge in [0.15, 0.2) is 0 Å². The average molecular weight is 378 g/mol. The lowest BCUT2D eigenvalue weighted by molar-refractivity contribution is -0.119. The highest BCUT2D eigenvalue weighted by atomic mass is 35.5. The molecule has 0 unspecified atom stereocenters. The minimum absolute atomic E-state index is 0.0316. The van der Waals surface area contributed by atoms with E-state index in [9.17, 15) is 14.0 Å². The van der Waals surface area contributed by atoms with E-state index in [2.05, 4.69) is 10.6 Å². The summed E-state index contributed by atoms with van der Waals surface area (Å²) in [5.41, 5.74) is 2.88. The first kappa shape index (κ1) is 19.9. The van der Waals surface area contributed by atoms with Crippen LogP contribution in [0.5, 0.6) is 0 Å². The Kier molecular flexibility index (Phi) is 6.71. The molecule has 0 aliphatic carbocycles. The highest BCUT2D eigenvalue weighted by Crippen LogP contribution is 2.19. The van der Waals surface area contributed by atoms with Crippen molar-refractivity contribution in [1.29, 1.82) is 0 Å². The molecule has 0 spiro atoms. The molecule has 0 saturated heterocycles. The minimum Gasteiger partial charge on any atom is -0.325 e. The van der Waals surface area contributed by atoms with E-state index >= 15 is 0 Å². The van der Waals surface area contributed by atoms with Crippen LogP contribution in [0.3, 0.4) is 0 Å². The molecular formula is C19H21ClFN3O2. The lowest BCUT2D eigenvalue weighted by Crippen LogP contribution is -2.36. The molecule has 0 aromatic heterocycles. The third-order valence-corrected chi connectivity index (χ3v) is 4.15. The van der Waals surface area contributed by atoms with Crippen LogP contribution in [0.25, 0.3) is 0 Å². The normalized spacial score (nSPS) is 10.7. The van der Waals surface area contributed by atoms with Crippen LogP contribution in [0.4, 0.5) is 15.8 Å². The van der Waals surface area contributed by atoms with E-state index in [1.165, 1.54) is 12.1 Å². The molecule has 0 fully saturated rings. The quantitative estimate of drug-likeness (QED) is 0.808. The van der Waals surface area contributed by atoms with Gasteiger partial charge in [0.2, 0.25) is 11.8 Å². The number of amides is 2. The molecule has 138 valence electrons. The fraction of sp³-hybridized carbons (Fsp3) is 0.263. The van der Waals surface area contributed by atoms with Crippen LogP contribution < -0.4 is 10.6 Å². The van der Waals surface area contributed by atoms with Gasteiger partial charge in [-0.3, -0.25) is 14.5 Å². The first-order valence-corrected chi connectivity index (χ1v) is 8.43. The smallest absolute Gasteiger partial charge is 0.238 e. The van der Waals surface area contributed by atoms with Gasteiger partial charge in [-0.2, -0.15) is 0 Å². The second kappa shape index (κ2) is 8.78. The van der Waals surface area contributed by atoms with Crippen molar-refractivity contribution >= 4 is 34.8 Å². The zero-order chi connectivity index (χ0) is 19.3. The predicted octanol–water partition coefficient (Wildman–Crippen LogP) is 3.60. The van der Waals surface area contributed by atoms with Crippen LogP contribution in [0.15, 0.2) is 36.4 Å². The molecule has 2 N–H and O–H groups in total. The number of carbonyl (C=O) groups is 2. The molecule has 0 bridgehead atoms. The molecule has 7 heteroatoms. The summed E-state index contributed by atoms with van der Waals surface area (Å²) >= 11 is 5.68. The summed E-state index contributed by atoms with van der Waals surface area (Å²) in [6.07, 6.45) is 0. The summed E-state index contributed by atoms with van der Waals surface area (Å²) in [6.45, 7) is 3.88. The molecular weight excluding hydrogens is 357 g/mol. The van der Waals surface area contributed by atoms with Crippen LogP contribution in [0, 0.1) is 19.7 Å². The monoisotopic (exact) mass is 377 g/mol. The van der Waals surface area contributed by atoms with Crippen molar-refractivity contribution in [1.82, 2.24) is 4.90 Å². The third-order valence-electron chi connectivity index (χ3n) is 3.91. The van der Waals surface area contributed by atoms with E-state index in [1.807, 2.05) is 32.0 Å². The van der Waals surface area contributed by atoms with Gasteiger partial charge in [-0.05, 0) is 56.3 Å². The standard InChI is InChI=1S/C19H21ClFN3O2/c1-12-5-4-6-16(13(12)2)22-18(25)10-24(3)11-19(26)23-17-8-7-14(20)9-15(17)21/h4-9H,10-11H2,1-3H3,(H,22,25)(H,23,26). The molecule has 0 radical (unpaired) electrons. The first-order chi connectivity index (χ1) is 12.3. The van der Waals surface area contributed by atoms with Crippen molar-refractivity contribution in [3.63, 3.8) is 0 Å².